The SMILES string of the molecule is CCCCCCC(=O)c1c(F)cc(-c2ccc(C34CCCC(C3)C(C)CC4)cc2)cc1F. The summed E-state index contributed by atoms with van der Waals surface area (Å²) in [6.45, 7) is 4.49. The van der Waals surface area contributed by atoms with Gasteiger partial charge in [0, 0.05) is 6.42 Å². The summed E-state index contributed by atoms with van der Waals surface area (Å²) < 4.78 is 29.5. The summed E-state index contributed by atoms with van der Waals surface area (Å²) in [5.74, 6) is -0.288. The van der Waals surface area contributed by atoms with Crippen LogP contribution in [-0.2, 0) is 5.41 Å². The summed E-state index contributed by atoms with van der Waals surface area (Å²) in [5.41, 5.74) is 2.55. The Morgan fingerprint density at radius 2 is 1.69 bits per heavy atom. The highest BCUT2D eigenvalue weighted by Gasteiger charge is 2.43. The van der Waals surface area contributed by atoms with E-state index in [4.69, 9.17) is 0 Å². The predicted octanol–water partition coefficient (Wildman–Crippen LogP) is 8.64. The van der Waals surface area contributed by atoms with Gasteiger partial charge in [0.15, 0.2) is 5.78 Å². The maximum absolute atomic E-state index is 14.7. The van der Waals surface area contributed by atoms with Crippen LogP contribution in [0.25, 0.3) is 11.1 Å². The fourth-order valence-corrected chi connectivity index (χ4v) is 6.13. The zero-order valence-corrected chi connectivity index (χ0v) is 19.6. The summed E-state index contributed by atoms with van der Waals surface area (Å²) in [4.78, 5) is 12.4. The number of fused-ring (bicyclic) bond motifs is 2. The van der Waals surface area contributed by atoms with Gasteiger partial charge in [0.25, 0.3) is 0 Å². The molecule has 0 spiro atoms. The number of rotatable bonds is 8. The molecule has 32 heavy (non-hydrogen) atoms. The van der Waals surface area contributed by atoms with Gasteiger partial charge in [-0.05, 0) is 78.2 Å². The molecule has 2 aromatic carbocycles. The summed E-state index contributed by atoms with van der Waals surface area (Å²) in [6.07, 6.45) is 11.6. The van der Waals surface area contributed by atoms with E-state index >= 15 is 0 Å². The van der Waals surface area contributed by atoms with E-state index in [9.17, 15) is 13.6 Å². The van der Waals surface area contributed by atoms with Crippen molar-refractivity contribution in [2.24, 2.45) is 11.8 Å². The molecule has 2 aliphatic carbocycles. The topological polar surface area (TPSA) is 17.1 Å². The number of benzene rings is 2. The van der Waals surface area contributed by atoms with E-state index in [1.54, 1.807) is 0 Å². The lowest BCUT2D eigenvalue weighted by atomic mass is 9.56. The van der Waals surface area contributed by atoms with Crippen molar-refractivity contribution in [2.45, 2.75) is 89.9 Å². The lowest BCUT2D eigenvalue weighted by Crippen LogP contribution is -2.39. The van der Waals surface area contributed by atoms with E-state index in [2.05, 4.69) is 26.0 Å². The second-order valence-corrected chi connectivity index (χ2v) is 10.3. The number of carbonyl (C=O) groups is 1. The van der Waals surface area contributed by atoms with Crippen molar-refractivity contribution >= 4 is 5.78 Å². The van der Waals surface area contributed by atoms with Gasteiger partial charge in [-0.3, -0.25) is 4.79 Å². The Balaban J connectivity index is 1.51. The molecule has 0 aliphatic heterocycles. The highest BCUT2D eigenvalue weighted by molar-refractivity contribution is 5.97. The second-order valence-electron chi connectivity index (χ2n) is 10.3. The molecular weight excluding hydrogens is 402 g/mol. The summed E-state index contributed by atoms with van der Waals surface area (Å²) in [6, 6.07) is 10.9. The molecular formula is C29H36F2O. The van der Waals surface area contributed by atoms with Crippen molar-refractivity contribution in [2.75, 3.05) is 0 Å². The van der Waals surface area contributed by atoms with Crippen LogP contribution in [0.3, 0.4) is 0 Å². The first-order chi connectivity index (χ1) is 15.4. The van der Waals surface area contributed by atoms with Gasteiger partial charge in [-0.2, -0.15) is 0 Å². The van der Waals surface area contributed by atoms with Gasteiger partial charge in [-0.1, -0.05) is 70.2 Å². The highest BCUT2D eigenvalue weighted by atomic mass is 19.1. The first-order valence-electron chi connectivity index (χ1n) is 12.6. The predicted molar refractivity (Wildman–Crippen MR) is 127 cm³/mol. The molecule has 2 aromatic rings. The molecule has 1 nitrogen and oxygen atoms in total. The minimum absolute atomic E-state index is 0.198. The molecule has 3 heteroatoms. The number of hydrogen-bond acceptors (Lipinski definition) is 1. The monoisotopic (exact) mass is 438 g/mol. The van der Waals surface area contributed by atoms with Gasteiger partial charge in [-0.25, -0.2) is 8.78 Å². The summed E-state index contributed by atoms with van der Waals surface area (Å²) in [7, 11) is 0. The standard InChI is InChI=1S/C29H36F2O/c1-3-4-5-6-9-27(32)28-25(30)17-23(18-26(28)31)21-10-12-24(13-11-21)29-15-7-8-22(19-29)20(2)14-16-29/h10-13,17-18,20,22H,3-9,14-16,19H2,1-2H3. The number of hydrogen-bond donors (Lipinski definition) is 0. The molecule has 0 amide bonds. The molecule has 3 atom stereocenters. The molecule has 0 heterocycles. The average Bonchev–Trinajstić information content (AvgIpc) is 2.79. The molecule has 0 N–H and O–H groups in total. The molecule has 2 aliphatic rings. The maximum Gasteiger partial charge on any atom is 0.168 e. The number of carbonyl (C=O) groups excluding carboxylic acids is 1. The van der Waals surface area contributed by atoms with Crippen molar-refractivity contribution in [1.29, 1.82) is 0 Å². The third-order valence-corrected chi connectivity index (χ3v) is 8.18. The number of ketones is 1. The molecule has 2 saturated carbocycles. The summed E-state index contributed by atoms with van der Waals surface area (Å²) >= 11 is 0. The molecule has 3 unspecified atom stereocenters. The molecule has 2 bridgehead atoms. The van der Waals surface area contributed by atoms with E-state index < -0.39 is 17.4 Å². The Morgan fingerprint density at radius 3 is 2.38 bits per heavy atom. The zero-order valence-electron chi connectivity index (χ0n) is 19.6. The van der Waals surface area contributed by atoms with E-state index in [0.717, 1.165) is 36.7 Å². The van der Waals surface area contributed by atoms with Gasteiger partial charge in [0.2, 0.25) is 0 Å². The number of unbranched alkanes of at least 4 members (excludes halogenated alkanes) is 3. The van der Waals surface area contributed by atoms with Gasteiger partial charge in [-0.15, -0.1) is 0 Å². The van der Waals surface area contributed by atoms with Crippen molar-refractivity contribution < 1.29 is 13.6 Å². The third-order valence-electron chi connectivity index (χ3n) is 8.18. The Bertz CT molecular complexity index is 925. The van der Waals surface area contributed by atoms with E-state index in [-0.39, 0.29) is 17.4 Å². The van der Waals surface area contributed by atoms with Crippen LogP contribution in [0.15, 0.2) is 36.4 Å². The van der Waals surface area contributed by atoms with Crippen molar-refractivity contribution in [1.82, 2.24) is 0 Å². The van der Waals surface area contributed by atoms with Crippen LogP contribution in [0.2, 0.25) is 0 Å². The second kappa shape index (κ2) is 9.85. The summed E-state index contributed by atoms with van der Waals surface area (Å²) in [5, 5.41) is 0. The van der Waals surface area contributed by atoms with Crippen LogP contribution in [0.4, 0.5) is 8.78 Å². The number of Topliss-reactive ketones (excluding diaryl/α,β-unsaturated/α-hetero) is 1. The van der Waals surface area contributed by atoms with Gasteiger partial charge in [0.05, 0.1) is 5.56 Å². The largest absolute Gasteiger partial charge is 0.294 e. The Morgan fingerprint density at radius 1 is 0.969 bits per heavy atom. The normalized spacial score (nSPS) is 25.0. The van der Waals surface area contributed by atoms with Crippen molar-refractivity contribution in [3.05, 3.63) is 59.2 Å². The lowest BCUT2D eigenvalue weighted by molar-refractivity contribution is 0.0971. The average molecular weight is 439 g/mol. The smallest absolute Gasteiger partial charge is 0.168 e. The minimum atomic E-state index is -0.750. The lowest BCUT2D eigenvalue weighted by Gasteiger charge is -2.48. The Labute approximate surface area is 191 Å². The van der Waals surface area contributed by atoms with Crippen LogP contribution in [0, 0.1) is 23.5 Å². The minimum Gasteiger partial charge on any atom is -0.294 e. The van der Waals surface area contributed by atoms with Crippen LogP contribution in [0.1, 0.15) is 100 Å². The van der Waals surface area contributed by atoms with E-state index in [1.165, 1.54) is 56.2 Å². The van der Waals surface area contributed by atoms with Crippen LogP contribution >= 0.6 is 0 Å². The van der Waals surface area contributed by atoms with Gasteiger partial charge in [0.1, 0.15) is 11.6 Å². The molecule has 0 radical (unpaired) electrons. The molecule has 0 saturated heterocycles. The Hall–Kier alpha value is -2.03. The van der Waals surface area contributed by atoms with Crippen molar-refractivity contribution in [3.8, 4) is 11.1 Å². The molecule has 4 rings (SSSR count). The van der Waals surface area contributed by atoms with Crippen LogP contribution < -0.4 is 0 Å². The maximum atomic E-state index is 14.7. The number of halogens is 2. The van der Waals surface area contributed by atoms with Crippen LogP contribution in [0.5, 0.6) is 0 Å². The first kappa shape index (κ1) is 23.1. The zero-order chi connectivity index (χ0) is 22.7. The van der Waals surface area contributed by atoms with Crippen LogP contribution in [-0.4, -0.2) is 5.78 Å². The fraction of sp³-hybridized carbons (Fsp3) is 0.552. The molecule has 0 aromatic heterocycles. The highest BCUT2D eigenvalue weighted by Crippen LogP contribution is 2.52. The third kappa shape index (κ3) is 4.67. The van der Waals surface area contributed by atoms with E-state index in [1.807, 2.05) is 12.1 Å². The van der Waals surface area contributed by atoms with E-state index in [0.29, 0.717) is 12.0 Å². The van der Waals surface area contributed by atoms with Gasteiger partial charge < -0.3 is 0 Å². The molecule has 172 valence electrons. The first-order valence-corrected chi connectivity index (χ1v) is 12.6. The fourth-order valence-electron chi connectivity index (χ4n) is 6.13. The molecule has 2 fully saturated rings. The quantitative estimate of drug-likeness (QED) is 0.298. The van der Waals surface area contributed by atoms with Gasteiger partial charge >= 0.3 is 0 Å². The van der Waals surface area contributed by atoms with Crippen molar-refractivity contribution in [3.63, 3.8) is 0 Å². The Kier molecular flexibility index (Phi) is 7.12.